The lowest BCUT2D eigenvalue weighted by Crippen LogP contribution is -2.11. The molecule has 0 bridgehead atoms. The van der Waals surface area contributed by atoms with Crippen LogP contribution in [0, 0.1) is 5.41 Å². The van der Waals surface area contributed by atoms with Gasteiger partial charge in [-0.05, 0) is 54.0 Å². The number of ether oxygens (including phenoxy) is 2. The van der Waals surface area contributed by atoms with Gasteiger partial charge >= 0.3 is 5.97 Å². The number of carbonyl (C=O) groups excluding carboxylic acids is 1. The number of nitrogens with one attached hydrogen (secondary N) is 1. The molecule has 0 saturated carbocycles. The molecule has 0 heterocycles. The number of rotatable bonds is 11. The van der Waals surface area contributed by atoms with Gasteiger partial charge in [-0.2, -0.15) is 0 Å². The van der Waals surface area contributed by atoms with E-state index in [1.165, 1.54) is 19.1 Å². The number of ketones is 1. The van der Waals surface area contributed by atoms with E-state index in [-0.39, 0.29) is 24.7 Å². The van der Waals surface area contributed by atoms with Crippen molar-refractivity contribution in [3.05, 3.63) is 107 Å². The summed E-state index contributed by atoms with van der Waals surface area (Å²) in [5.41, 5.74) is 9.45. The van der Waals surface area contributed by atoms with Crippen molar-refractivity contribution in [1.29, 1.82) is 5.41 Å². The number of carbonyl (C=O) groups is 2. The molecule has 0 unspecified atom stereocenters. The number of hydrogen-bond donors (Lipinski definition) is 3. The van der Waals surface area contributed by atoms with E-state index in [2.05, 4.69) is 0 Å². The number of carboxylic acids is 1. The van der Waals surface area contributed by atoms with Crippen LogP contribution in [0.2, 0.25) is 0 Å². The van der Waals surface area contributed by atoms with Gasteiger partial charge in [-0.15, -0.1) is 0 Å². The second-order valence-corrected chi connectivity index (χ2v) is 7.70. The lowest BCUT2D eigenvalue weighted by Gasteiger charge is -2.12. The van der Waals surface area contributed by atoms with Crippen molar-refractivity contribution in [2.45, 2.75) is 13.5 Å². The molecule has 0 aliphatic rings. The van der Waals surface area contributed by atoms with Gasteiger partial charge in [-0.1, -0.05) is 48.5 Å². The Morgan fingerprint density at radius 2 is 1.66 bits per heavy atom. The molecule has 0 spiro atoms. The molecular formula is C28H26N2O5. The van der Waals surface area contributed by atoms with Crippen LogP contribution in [0.1, 0.15) is 29.2 Å². The van der Waals surface area contributed by atoms with E-state index in [1.54, 1.807) is 18.2 Å². The van der Waals surface area contributed by atoms with Gasteiger partial charge in [0.1, 0.15) is 24.7 Å². The second kappa shape index (κ2) is 12.0. The third-order valence-corrected chi connectivity index (χ3v) is 4.93. The van der Waals surface area contributed by atoms with Crippen molar-refractivity contribution in [3.8, 4) is 11.5 Å². The quantitative estimate of drug-likeness (QED) is 0.276. The van der Waals surface area contributed by atoms with E-state index in [9.17, 15) is 9.59 Å². The first-order valence-electron chi connectivity index (χ1n) is 10.8. The van der Waals surface area contributed by atoms with Crippen molar-refractivity contribution >= 4 is 29.2 Å². The van der Waals surface area contributed by atoms with Crippen LogP contribution >= 0.6 is 0 Å². The summed E-state index contributed by atoms with van der Waals surface area (Å²) >= 11 is 0. The highest BCUT2D eigenvalue weighted by molar-refractivity contribution is 5.99. The summed E-state index contributed by atoms with van der Waals surface area (Å²) in [6.07, 6.45) is 3.71. The van der Waals surface area contributed by atoms with Crippen molar-refractivity contribution < 1.29 is 24.2 Å². The van der Waals surface area contributed by atoms with Gasteiger partial charge in [-0.25, -0.2) is 4.79 Å². The lowest BCUT2D eigenvalue weighted by atomic mass is 10.0. The van der Waals surface area contributed by atoms with Crippen molar-refractivity contribution in [2.75, 3.05) is 6.61 Å². The first kappa shape index (κ1) is 25.0. The van der Waals surface area contributed by atoms with Crippen LogP contribution in [0.4, 0.5) is 0 Å². The minimum absolute atomic E-state index is 0.167. The Labute approximate surface area is 203 Å². The smallest absolute Gasteiger partial charge is 0.328 e. The Morgan fingerprint density at radius 3 is 2.31 bits per heavy atom. The highest BCUT2D eigenvalue weighted by atomic mass is 16.5. The summed E-state index contributed by atoms with van der Waals surface area (Å²) in [7, 11) is 0. The zero-order chi connectivity index (χ0) is 25.2. The maximum absolute atomic E-state index is 11.5. The number of carboxylic acid groups (broad SMARTS) is 1. The van der Waals surface area contributed by atoms with E-state index >= 15 is 0 Å². The van der Waals surface area contributed by atoms with E-state index in [0.29, 0.717) is 28.3 Å². The van der Waals surface area contributed by atoms with Gasteiger partial charge in [0.05, 0.1) is 5.71 Å². The zero-order valence-electron chi connectivity index (χ0n) is 19.2. The maximum Gasteiger partial charge on any atom is 0.328 e. The van der Waals surface area contributed by atoms with Crippen molar-refractivity contribution in [2.24, 2.45) is 5.73 Å². The van der Waals surface area contributed by atoms with Crippen LogP contribution < -0.4 is 15.2 Å². The summed E-state index contributed by atoms with van der Waals surface area (Å²) in [5, 5.41) is 17.0. The van der Waals surface area contributed by atoms with E-state index in [4.69, 9.17) is 25.7 Å². The predicted molar refractivity (Wildman–Crippen MR) is 135 cm³/mol. The topological polar surface area (TPSA) is 123 Å². The molecule has 0 amide bonds. The standard InChI is InChI=1S/C28H26N2O5/c1-19(31)15-26(29)25-16-24(13-9-21(25)10-14-28(32)33)34-17-20-7-11-23(12-8-20)35-18-27(30)22-5-3-2-4-6-22/h2-16,30H,17-18,29H2,1H3,(H,32,33)/b14-10+,26-15?,30-27?. The molecule has 0 fully saturated rings. The van der Waals surface area contributed by atoms with E-state index in [0.717, 1.165) is 17.2 Å². The highest BCUT2D eigenvalue weighted by Crippen LogP contribution is 2.25. The molecule has 7 nitrogen and oxygen atoms in total. The molecule has 3 aromatic carbocycles. The van der Waals surface area contributed by atoms with Crippen LogP contribution in [-0.2, 0) is 16.2 Å². The molecule has 4 N–H and O–H groups in total. The fraction of sp³-hybridized carbons (Fsp3) is 0.107. The average Bonchev–Trinajstić information content (AvgIpc) is 2.85. The van der Waals surface area contributed by atoms with Gasteiger partial charge < -0.3 is 25.7 Å². The lowest BCUT2D eigenvalue weighted by molar-refractivity contribution is -0.131. The van der Waals surface area contributed by atoms with Crippen molar-refractivity contribution in [3.63, 3.8) is 0 Å². The number of hydrogen-bond acceptors (Lipinski definition) is 6. The molecule has 3 rings (SSSR count). The predicted octanol–water partition coefficient (Wildman–Crippen LogP) is 4.70. The molecule has 35 heavy (non-hydrogen) atoms. The van der Waals surface area contributed by atoms with Crippen LogP contribution in [0.15, 0.2) is 84.9 Å². The summed E-state index contributed by atoms with van der Waals surface area (Å²) in [6, 6.07) is 21.9. The van der Waals surface area contributed by atoms with Crippen LogP contribution in [-0.4, -0.2) is 29.2 Å². The molecule has 0 radical (unpaired) electrons. The molecule has 0 atom stereocenters. The molecule has 178 valence electrons. The van der Waals surface area contributed by atoms with E-state index in [1.807, 2.05) is 54.6 Å². The van der Waals surface area contributed by atoms with Gasteiger partial charge in [0.15, 0.2) is 5.78 Å². The minimum Gasteiger partial charge on any atom is -0.489 e. The molecule has 7 heteroatoms. The summed E-state index contributed by atoms with van der Waals surface area (Å²) in [5.74, 6) is -0.143. The third-order valence-electron chi connectivity index (χ3n) is 4.93. The Bertz CT molecular complexity index is 1260. The SMILES string of the molecule is CC(=O)C=C(N)c1cc(OCc2ccc(OCC(=N)c3ccccc3)cc2)ccc1/C=C/C(=O)O. The average molecular weight is 471 g/mol. The fourth-order valence-electron chi connectivity index (χ4n) is 3.21. The number of benzene rings is 3. The molecule has 0 aliphatic heterocycles. The largest absolute Gasteiger partial charge is 0.489 e. The Kier molecular flexibility index (Phi) is 8.56. The highest BCUT2D eigenvalue weighted by Gasteiger charge is 2.08. The van der Waals surface area contributed by atoms with Crippen molar-refractivity contribution in [1.82, 2.24) is 0 Å². The summed E-state index contributed by atoms with van der Waals surface area (Å²) in [4.78, 5) is 22.4. The Balaban J connectivity index is 1.64. The first-order valence-corrected chi connectivity index (χ1v) is 10.8. The Morgan fingerprint density at radius 1 is 0.971 bits per heavy atom. The maximum atomic E-state index is 11.5. The third kappa shape index (κ3) is 7.71. The zero-order valence-corrected chi connectivity index (χ0v) is 19.2. The second-order valence-electron chi connectivity index (χ2n) is 7.70. The van der Waals surface area contributed by atoms with Crippen LogP contribution in [0.3, 0.4) is 0 Å². The molecule has 0 aliphatic carbocycles. The van der Waals surface area contributed by atoms with Crippen LogP contribution in [0.5, 0.6) is 11.5 Å². The monoisotopic (exact) mass is 470 g/mol. The number of nitrogens with two attached hydrogens (primary N) is 1. The van der Waals surface area contributed by atoms with Crippen LogP contribution in [0.25, 0.3) is 11.8 Å². The fourth-order valence-corrected chi connectivity index (χ4v) is 3.21. The Hall–Kier alpha value is -4.65. The molecular weight excluding hydrogens is 444 g/mol. The normalized spacial score (nSPS) is 11.3. The summed E-state index contributed by atoms with van der Waals surface area (Å²) in [6.45, 7) is 1.83. The van der Waals surface area contributed by atoms with Gasteiger partial charge in [0, 0.05) is 23.4 Å². The van der Waals surface area contributed by atoms with Gasteiger partial charge in [0.2, 0.25) is 0 Å². The van der Waals surface area contributed by atoms with Gasteiger partial charge in [-0.3, -0.25) is 4.79 Å². The van der Waals surface area contributed by atoms with E-state index < -0.39 is 5.97 Å². The minimum atomic E-state index is -1.09. The number of aliphatic carboxylic acids is 1. The molecule has 0 saturated heterocycles. The van der Waals surface area contributed by atoms with Gasteiger partial charge in [0.25, 0.3) is 0 Å². The molecule has 0 aromatic heterocycles. The molecule has 3 aromatic rings. The summed E-state index contributed by atoms with van der Waals surface area (Å²) < 4.78 is 11.6. The first-order chi connectivity index (χ1) is 16.8. The number of allylic oxidation sites excluding steroid dienone is 1.